The Balaban J connectivity index is 1.58. The maximum Gasteiger partial charge on any atom is 0.420 e. The molecular formula is C16H14N4O3S. The highest BCUT2D eigenvalue weighted by atomic mass is 32.1. The molecule has 0 saturated carbocycles. The molecule has 3 aromatic rings. The summed E-state index contributed by atoms with van der Waals surface area (Å²) in [6.07, 6.45) is 0. The van der Waals surface area contributed by atoms with Crippen LogP contribution in [0.3, 0.4) is 0 Å². The van der Waals surface area contributed by atoms with Crippen LogP contribution in [-0.4, -0.2) is 15.6 Å². The zero-order valence-corrected chi connectivity index (χ0v) is 13.3. The number of carbonyl (C=O) groups is 1. The minimum Gasteiger partial charge on any atom is -0.408 e. The Morgan fingerprint density at radius 2 is 1.75 bits per heavy atom. The SMILES string of the molecule is O=C(Cn1c(=O)oc2ccccc21)NNC(=S)Nc1ccccc1. The van der Waals surface area contributed by atoms with E-state index in [0.717, 1.165) is 5.69 Å². The van der Waals surface area contributed by atoms with Crippen molar-refractivity contribution in [2.24, 2.45) is 0 Å². The zero-order chi connectivity index (χ0) is 16.9. The van der Waals surface area contributed by atoms with Crippen molar-refractivity contribution < 1.29 is 9.21 Å². The summed E-state index contributed by atoms with van der Waals surface area (Å²) in [5, 5.41) is 3.15. The van der Waals surface area contributed by atoms with Crippen LogP contribution in [0.5, 0.6) is 0 Å². The fourth-order valence-electron chi connectivity index (χ4n) is 2.16. The molecule has 0 spiro atoms. The number of thiocarbonyl (C=S) groups is 1. The van der Waals surface area contributed by atoms with Crippen molar-refractivity contribution in [3.8, 4) is 0 Å². The van der Waals surface area contributed by atoms with Crippen molar-refractivity contribution in [3.05, 3.63) is 65.1 Å². The van der Waals surface area contributed by atoms with Crippen molar-refractivity contribution in [3.63, 3.8) is 0 Å². The Kier molecular flexibility index (Phi) is 4.57. The van der Waals surface area contributed by atoms with Gasteiger partial charge in [0, 0.05) is 5.69 Å². The van der Waals surface area contributed by atoms with Crippen LogP contribution in [0.4, 0.5) is 5.69 Å². The molecule has 1 heterocycles. The lowest BCUT2D eigenvalue weighted by atomic mass is 10.3. The van der Waals surface area contributed by atoms with Gasteiger partial charge in [-0.05, 0) is 36.5 Å². The number of hydrazine groups is 1. The molecule has 2 aromatic carbocycles. The summed E-state index contributed by atoms with van der Waals surface area (Å²) in [7, 11) is 0. The summed E-state index contributed by atoms with van der Waals surface area (Å²) in [6.45, 7) is -0.184. The van der Waals surface area contributed by atoms with Crippen LogP contribution in [0.1, 0.15) is 0 Å². The number of rotatable bonds is 3. The van der Waals surface area contributed by atoms with E-state index in [1.807, 2.05) is 30.3 Å². The number of hydrogen-bond donors (Lipinski definition) is 3. The van der Waals surface area contributed by atoms with Crippen molar-refractivity contribution in [1.82, 2.24) is 15.4 Å². The van der Waals surface area contributed by atoms with Crippen molar-refractivity contribution in [1.29, 1.82) is 0 Å². The summed E-state index contributed by atoms with van der Waals surface area (Å²) in [6, 6.07) is 16.2. The van der Waals surface area contributed by atoms with Gasteiger partial charge < -0.3 is 9.73 Å². The second kappa shape index (κ2) is 6.97. The first-order valence-electron chi connectivity index (χ1n) is 7.13. The van der Waals surface area contributed by atoms with Gasteiger partial charge in [-0.2, -0.15) is 0 Å². The summed E-state index contributed by atoms with van der Waals surface area (Å²) < 4.78 is 6.32. The number of carbonyl (C=O) groups excluding carboxylic acids is 1. The van der Waals surface area contributed by atoms with Gasteiger partial charge in [0.05, 0.1) is 5.52 Å². The average molecular weight is 342 g/mol. The molecule has 0 radical (unpaired) electrons. The number of benzene rings is 2. The highest BCUT2D eigenvalue weighted by Gasteiger charge is 2.12. The number of nitrogens with one attached hydrogen (secondary N) is 3. The lowest BCUT2D eigenvalue weighted by Gasteiger charge is -2.11. The maximum absolute atomic E-state index is 12.0. The third-order valence-electron chi connectivity index (χ3n) is 3.22. The topological polar surface area (TPSA) is 88.3 Å². The Morgan fingerprint density at radius 1 is 1.04 bits per heavy atom. The molecule has 0 aliphatic heterocycles. The normalized spacial score (nSPS) is 10.3. The van der Waals surface area contributed by atoms with Gasteiger partial charge in [-0.25, -0.2) is 4.79 Å². The van der Waals surface area contributed by atoms with E-state index < -0.39 is 11.7 Å². The van der Waals surface area contributed by atoms with Crippen LogP contribution in [0, 0.1) is 0 Å². The van der Waals surface area contributed by atoms with Crippen LogP contribution >= 0.6 is 12.2 Å². The lowest BCUT2D eigenvalue weighted by Crippen LogP contribution is -2.45. The minimum absolute atomic E-state index is 0.184. The Bertz CT molecular complexity index is 933. The summed E-state index contributed by atoms with van der Waals surface area (Å²) in [4.78, 5) is 23.8. The average Bonchev–Trinajstić information content (AvgIpc) is 2.90. The van der Waals surface area contributed by atoms with E-state index in [-0.39, 0.29) is 11.7 Å². The third kappa shape index (κ3) is 3.61. The first kappa shape index (κ1) is 15.8. The predicted molar refractivity (Wildman–Crippen MR) is 94.4 cm³/mol. The van der Waals surface area contributed by atoms with E-state index >= 15 is 0 Å². The molecule has 0 aliphatic carbocycles. The second-order valence-corrected chi connectivity index (χ2v) is 5.32. The van der Waals surface area contributed by atoms with Gasteiger partial charge in [-0.15, -0.1) is 0 Å². The van der Waals surface area contributed by atoms with Gasteiger partial charge in [-0.1, -0.05) is 30.3 Å². The van der Waals surface area contributed by atoms with Gasteiger partial charge in [0.2, 0.25) is 0 Å². The number of amides is 1. The molecule has 0 atom stereocenters. The molecule has 0 aliphatic rings. The molecule has 122 valence electrons. The molecule has 0 unspecified atom stereocenters. The van der Waals surface area contributed by atoms with Crippen molar-refractivity contribution in [2.75, 3.05) is 5.32 Å². The van der Waals surface area contributed by atoms with E-state index in [1.54, 1.807) is 24.3 Å². The molecule has 7 nitrogen and oxygen atoms in total. The molecule has 24 heavy (non-hydrogen) atoms. The molecule has 1 aromatic heterocycles. The molecule has 0 bridgehead atoms. The Hall–Kier alpha value is -3.13. The van der Waals surface area contributed by atoms with Crippen LogP contribution in [-0.2, 0) is 11.3 Å². The smallest absolute Gasteiger partial charge is 0.408 e. The monoisotopic (exact) mass is 342 g/mol. The summed E-state index contributed by atoms with van der Waals surface area (Å²) in [5.41, 5.74) is 6.81. The molecular weight excluding hydrogens is 328 g/mol. The van der Waals surface area contributed by atoms with E-state index in [4.69, 9.17) is 16.6 Å². The number of para-hydroxylation sites is 3. The van der Waals surface area contributed by atoms with Crippen LogP contribution in [0.2, 0.25) is 0 Å². The fraction of sp³-hybridized carbons (Fsp3) is 0.0625. The number of hydrogen-bond acceptors (Lipinski definition) is 4. The Labute approximate surface area is 142 Å². The number of oxazole rings is 1. The predicted octanol–water partition coefficient (Wildman–Crippen LogP) is 1.61. The van der Waals surface area contributed by atoms with Gasteiger partial charge >= 0.3 is 5.76 Å². The van der Waals surface area contributed by atoms with Gasteiger partial charge in [0.15, 0.2) is 10.7 Å². The summed E-state index contributed by atoms with van der Waals surface area (Å²) in [5.74, 6) is -1.02. The van der Waals surface area contributed by atoms with Crippen LogP contribution in [0.15, 0.2) is 63.8 Å². The molecule has 3 rings (SSSR count). The summed E-state index contributed by atoms with van der Waals surface area (Å²) >= 11 is 5.08. The minimum atomic E-state index is -0.587. The van der Waals surface area contributed by atoms with E-state index in [9.17, 15) is 9.59 Å². The van der Waals surface area contributed by atoms with E-state index in [1.165, 1.54) is 4.57 Å². The second-order valence-electron chi connectivity index (χ2n) is 4.92. The number of aromatic nitrogens is 1. The van der Waals surface area contributed by atoms with Gasteiger partial charge in [0.25, 0.3) is 5.91 Å². The highest BCUT2D eigenvalue weighted by molar-refractivity contribution is 7.80. The molecule has 8 heteroatoms. The fourth-order valence-corrected chi connectivity index (χ4v) is 2.33. The molecule has 0 fully saturated rings. The maximum atomic E-state index is 12.0. The molecule has 1 amide bonds. The number of nitrogens with zero attached hydrogens (tertiary/aromatic N) is 1. The quantitative estimate of drug-likeness (QED) is 0.495. The van der Waals surface area contributed by atoms with Crippen LogP contribution in [0.25, 0.3) is 11.1 Å². The number of anilines is 1. The van der Waals surface area contributed by atoms with Crippen molar-refractivity contribution >= 4 is 40.0 Å². The lowest BCUT2D eigenvalue weighted by molar-refractivity contribution is -0.122. The standard InChI is InChI=1S/C16H14N4O3S/c21-14(18-19-15(24)17-11-6-2-1-3-7-11)10-20-12-8-4-5-9-13(12)23-16(20)22/h1-9H,10H2,(H,18,21)(H2,17,19,24). The third-order valence-corrected chi connectivity index (χ3v) is 3.43. The van der Waals surface area contributed by atoms with E-state index in [2.05, 4.69) is 16.2 Å². The first-order valence-corrected chi connectivity index (χ1v) is 7.53. The van der Waals surface area contributed by atoms with Gasteiger partial charge in [-0.3, -0.25) is 20.2 Å². The van der Waals surface area contributed by atoms with Gasteiger partial charge in [0.1, 0.15) is 6.54 Å². The molecule has 0 saturated heterocycles. The highest BCUT2D eigenvalue weighted by Crippen LogP contribution is 2.11. The largest absolute Gasteiger partial charge is 0.420 e. The Morgan fingerprint density at radius 3 is 2.54 bits per heavy atom. The van der Waals surface area contributed by atoms with E-state index in [0.29, 0.717) is 11.1 Å². The number of fused-ring (bicyclic) bond motifs is 1. The zero-order valence-electron chi connectivity index (χ0n) is 12.5. The first-order chi connectivity index (χ1) is 11.6. The molecule has 3 N–H and O–H groups in total. The van der Waals surface area contributed by atoms with Crippen LogP contribution < -0.4 is 21.9 Å². The van der Waals surface area contributed by atoms with Crippen molar-refractivity contribution in [2.45, 2.75) is 6.54 Å².